The molecule has 1 aliphatic rings. The largest absolute Gasteiger partial charge is 0.399 e. The van der Waals surface area contributed by atoms with E-state index in [2.05, 4.69) is 4.72 Å². The van der Waals surface area contributed by atoms with E-state index in [1.807, 2.05) is 25.1 Å². The molecule has 2 aromatic carbocycles. The molecule has 2 aromatic rings. The zero-order chi connectivity index (χ0) is 16.6. The van der Waals surface area contributed by atoms with Crippen LogP contribution in [0.1, 0.15) is 35.6 Å². The number of rotatable bonds is 3. The third-order valence-corrected chi connectivity index (χ3v) is 6.11. The lowest BCUT2D eigenvalue weighted by molar-refractivity contribution is 0.507. The predicted octanol–water partition coefficient (Wildman–Crippen LogP) is 4.01. The van der Waals surface area contributed by atoms with Crippen LogP contribution in [0.5, 0.6) is 0 Å². The molecule has 0 radical (unpaired) electrons. The third-order valence-electron chi connectivity index (χ3n) is 4.23. The molecule has 0 fully saturated rings. The molecule has 1 atom stereocenters. The van der Waals surface area contributed by atoms with E-state index in [1.165, 1.54) is 6.07 Å². The smallest absolute Gasteiger partial charge is 0.241 e. The van der Waals surface area contributed by atoms with E-state index in [1.54, 1.807) is 12.1 Å². The monoisotopic (exact) mass is 386 g/mol. The van der Waals surface area contributed by atoms with Crippen molar-refractivity contribution < 1.29 is 8.42 Å². The molecular weight excluding hydrogens is 367 g/mol. The van der Waals surface area contributed by atoms with Crippen molar-refractivity contribution in [2.24, 2.45) is 0 Å². The SMILES string of the molecule is Cc1ccc(S(=O)(=O)NC2CCCc3cc(N)ccc32)cc1Cl.Cl. The first-order valence-electron chi connectivity index (χ1n) is 7.53. The quantitative estimate of drug-likeness (QED) is 0.782. The summed E-state index contributed by atoms with van der Waals surface area (Å²) in [6.07, 6.45) is 2.63. The first-order valence-corrected chi connectivity index (χ1v) is 9.40. The standard InChI is InChI=1S/C17H19ClN2O2S.ClH/c1-11-5-7-14(10-16(11)18)23(21,22)20-17-4-2-3-12-9-13(19)6-8-15(12)17;/h5-10,17,20H,2-4,19H2,1H3;1H. The average Bonchev–Trinajstić information content (AvgIpc) is 2.49. The van der Waals surface area contributed by atoms with E-state index in [9.17, 15) is 8.42 Å². The lowest BCUT2D eigenvalue weighted by Crippen LogP contribution is -2.31. The van der Waals surface area contributed by atoms with Crippen molar-refractivity contribution in [3.05, 3.63) is 58.1 Å². The molecule has 0 aliphatic heterocycles. The van der Waals surface area contributed by atoms with Crippen LogP contribution in [0.2, 0.25) is 5.02 Å². The van der Waals surface area contributed by atoms with Gasteiger partial charge in [-0.05, 0) is 67.1 Å². The number of nitrogen functional groups attached to an aromatic ring is 1. The second kappa shape index (κ2) is 7.31. The fourth-order valence-corrected chi connectivity index (χ4v) is 4.47. The van der Waals surface area contributed by atoms with Crippen molar-refractivity contribution in [2.45, 2.75) is 37.1 Å². The summed E-state index contributed by atoms with van der Waals surface area (Å²) in [5.74, 6) is 0. The number of aryl methyl sites for hydroxylation is 2. The lowest BCUT2D eigenvalue weighted by atomic mass is 9.88. The molecule has 1 aliphatic carbocycles. The number of nitrogens with two attached hydrogens (primary N) is 1. The zero-order valence-corrected chi connectivity index (χ0v) is 15.6. The summed E-state index contributed by atoms with van der Waals surface area (Å²) in [6.45, 7) is 1.84. The van der Waals surface area contributed by atoms with Crippen molar-refractivity contribution in [1.29, 1.82) is 0 Å². The Morgan fingerprint density at radius 2 is 1.96 bits per heavy atom. The normalized spacial score (nSPS) is 17.0. The summed E-state index contributed by atoms with van der Waals surface area (Å²) in [5.41, 5.74) is 9.50. The fraction of sp³-hybridized carbons (Fsp3) is 0.294. The summed E-state index contributed by atoms with van der Waals surface area (Å²) in [6, 6.07) is 10.2. The molecule has 24 heavy (non-hydrogen) atoms. The van der Waals surface area contributed by atoms with Gasteiger partial charge in [0.25, 0.3) is 0 Å². The second-order valence-corrected chi connectivity index (χ2v) is 8.06. The summed E-state index contributed by atoms with van der Waals surface area (Å²) in [7, 11) is -3.62. The van der Waals surface area contributed by atoms with Gasteiger partial charge in [-0.3, -0.25) is 0 Å². The molecule has 0 heterocycles. The van der Waals surface area contributed by atoms with Crippen molar-refractivity contribution in [3.63, 3.8) is 0 Å². The Hall–Kier alpha value is -1.27. The average molecular weight is 387 g/mol. The van der Waals surface area contributed by atoms with Crippen LogP contribution in [0.15, 0.2) is 41.3 Å². The highest BCUT2D eigenvalue weighted by atomic mass is 35.5. The maximum absolute atomic E-state index is 12.6. The van der Waals surface area contributed by atoms with Gasteiger partial charge in [-0.25, -0.2) is 13.1 Å². The number of nitrogens with one attached hydrogen (secondary N) is 1. The van der Waals surface area contributed by atoms with Gasteiger partial charge in [0.05, 0.1) is 4.90 Å². The van der Waals surface area contributed by atoms with Crippen LogP contribution >= 0.6 is 24.0 Å². The topological polar surface area (TPSA) is 72.2 Å². The molecule has 1 unspecified atom stereocenters. The minimum absolute atomic E-state index is 0. The van der Waals surface area contributed by atoms with E-state index in [0.717, 1.165) is 36.0 Å². The van der Waals surface area contributed by atoms with Crippen LogP contribution in [0.25, 0.3) is 0 Å². The number of sulfonamides is 1. The first-order chi connectivity index (χ1) is 10.9. The van der Waals surface area contributed by atoms with Gasteiger partial charge in [0.15, 0.2) is 0 Å². The number of fused-ring (bicyclic) bond motifs is 1. The first kappa shape index (κ1) is 19.1. The number of benzene rings is 2. The Morgan fingerprint density at radius 1 is 1.21 bits per heavy atom. The van der Waals surface area contributed by atoms with Gasteiger partial charge in [0.1, 0.15) is 0 Å². The highest BCUT2D eigenvalue weighted by Crippen LogP contribution is 2.32. The summed E-state index contributed by atoms with van der Waals surface area (Å²) in [4.78, 5) is 0.190. The Labute approximate surface area is 153 Å². The van der Waals surface area contributed by atoms with E-state index in [-0.39, 0.29) is 23.3 Å². The Kier molecular flexibility index (Phi) is 5.81. The summed E-state index contributed by atoms with van der Waals surface area (Å²) >= 11 is 6.06. The highest BCUT2D eigenvalue weighted by molar-refractivity contribution is 7.89. The lowest BCUT2D eigenvalue weighted by Gasteiger charge is -2.26. The fourth-order valence-electron chi connectivity index (χ4n) is 2.95. The van der Waals surface area contributed by atoms with E-state index in [0.29, 0.717) is 10.7 Å². The van der Waals surface area contributed by atoms with Gasteiger partial charge in [0, 0.05) is 16.8 Å². The molecule has 0 bridgehead atoms. The molecule has 0 saturated heterocycles. The number of hydrogen-bond acceptors (Lipinski definition) is 3. The van der Waals surface area contributed by atoms with E-state index in [4.69, 9.17) is 17.3 Å². The van der Waals surface area contributed by atoms with Gasteiger partial charge in [-0.15, -0.1) is 12.4 Å². The minimum atomic E-state index is -3.62. The molecule has 0 amide bonds. The van der Waals surface area contributed by atoms with Crippen molar-refractivity contribution >= 4 is 39.7 Å². The minimum Gasteiger partial charge on any atom is -0.399 e. The van der Waals surface area contributed by atoms with Crippen molar-refractivity contribution in [3.8, 4) is 0 Å². The van der Waals surface area contributed by atoms with Crippen LogP contribution in [0.3, 0.4) is 0 Å². The molecule has 7 heteroatoms. The second-order valence-electron chi connectivity index (χ2n) is 5.94. The molecule has 0 aromatic heterocycles. The van der Waals surface area contributed by atoms with Crippen LogP contribution in [0, 0.1) is 6.92 Å². The Morgan fingerprint density at radius 3 is 2.67 bits per heavy atom. The van der Waals surface area contributed by atoms with Crippen molar-refractivity contribution in [1.82, 2.24) is 4.72 Å². The van der Waals surface area contributed by atoms with Crippen molar-refractivity contribution in [2.75, 3.05) is 5.73 Å². The summed E-state index contributed by atoms with van der Waals surface area (Å²) in [5, 5.41) is 0.449. The highest BCUT2D eigenvalue weighted by Gasteiger charge is 2.26. The third kappa shape index (κ3) is 3.86. The molecule has 4 nitrogen and oxygen atoms in total. The van der Waals surface area contributed by atoms with Crippen LogP contribution in [0.4, 0.5) is 5.69 Å². The molecule has 130 valence electrons. The van der Waals surface area contributed by atoms with Gasteiger partial charge in [-0.2, -0.15) is 0 Å². The molecule has 0 spiro atoms. The number of anilines is 1. The maximum atomic E-state index is 12.6. The van der Waals surface area contributed by atoms with Gasteiger partial charge in [0.2, 0.25) is 10.0 Å². The Balaban J connectivity index is 0.00000208. The van der Waals surface area contributed by atoms with Gasteiger partial charge < -0.3 is 5.73 Å². The van der Waals surface area contributed by atoms with E-state index < -0.39 is 10.0 Å². The molecule has 3 rings (SSSR count). The number of halogens is 2. The summed E-state index contributed by atoms with van der Waals surface area (Å²) < 4.78 is 28.1. The van der Waals surface area contributed by atoms with Gasteiger partial charge in [-0.1, -0.05) is 23.7 Å². The van der Waals surface area contributed by atoms with Crippen LogP contribution < -0.4 is 10.5 Å². The molecular formula is C17H20Cl2N2O2S. The predicted molar refractivity (Wildman–Crippen MR) is 100 cm³/mol. The molecule has 3 N–H and O–H groups in total. The Bertz CT molecular complexity index is 854. The molecule has 0 saturated carbocycles. The van der Waals surface area contributed by atoms with Crippen LogP contribution in [-0.4, -0.2) is 8.42 Å². The number of hydrogen-bond donors (Lipinski definition) is 2. The van der Waals surface area contributed by atoms with E-state index >= 15 is 0 Å². The zero-order valence-electron chi connectivity index (χ0n) is 13.3. The van der Waals surface area contributed by atoms with Gasteiger partial charge >= 0.3 is 0 Å². The maximum Gasteiger partial charge on any atom is 0.241 e. The van der Waals surface area contributed by atoms with Crippen LogP contribution in [-0.2, 0) is 16.4 Å².